The van der Waals surface area contributed by atoms with E-state index in [9.17, 15) is 4.39 Å². The molecule has 2 nitrogen and oxygen atoms in total. The van der Waals surface area contributed by atoms with Crippen molar-refractivity contribution in [2.75, 3.05) is 6.61 Å². The van der Waals surface area contributed by atoms with Crippen molar-refractivity contribution in [1.82, 2.24) is 0 Å². The van der Waals surface area contributed by atoms with Crippen molar-refractivity contribution in [3.8, 4) is 11.5 Å². The molecule has 1 aromatic carbocycles. The Hall–Kier alpha value is -0.770. The van der Waals surface area contributed by atoms with Crippen molar-refractivity contribution >= 4 is 15.9 Å². The van der Waals surface area contributed by atoms with Crippen LogP contribution in [-0.2, 0) is 0 Å². The first-order chi connectivity index (χ1) is 5.65. The van der Waals surface area contributed by atoms with Crippen molar-refractivity contribution in [2.24, 2.45) is 0 Å². The van der Waals surface area contributed by atoms with Gasteiger partial charge >= 0.3 is 0 Å². The fraction of sp³-hybridized carbons (Fsp3) is 0.250. The highest BCUT2D eigenvalue weighted by Crippen LogP contribution is 2.29. The van der Waals surface area contributed by atoms with Gasteiger partial charge in [-0.25, -0.2) is 4.39 Å². The van der Waals surface area contributed by atoms with Crippen LogP contribution in [0.25, 0.3) is 0 Å². The second kappa shape index (κ2) is 3.76. The SMILES string of the molecule is CCOc1cc(O)c(F)c(Br)c1. The molecule has 0 amide bonds. The molecule has 1 aromatic rings. The van der Waals surface area contributed by atoms with Crippen molar-refractivity contribution in [3.63, 3.8) is 0 Å². The summed E-state index contributed by atoms with van der Waals surface area (Å²) in [5.41, 5.74) is 0. The number of hydrogen-bond donors (Lipinski definition) is 1. The van der Waals surface area contributed by atoms with Gasteiger partial charge in [0.05, 0.1) is 11.1 Å². The molecule has 4 heteroatoms. The van der Waals surface area contributed by atoms with E-state index in [-0.39, 0.29) is 4.47 Å². The van der Waals surface area contributed by atoms with Crippen LogP contribution < -0.4 is 4.74 Å². The highest BCUT2D eigenvalue weighted by atomic mass is 79.9. The number of phenols is 1. The minimum atomic E-state index is -0.668. The largest absolute Gasteiger partial charge is 0.505 e. The Morgan fingerprint density at radius 2 is 2.25 bits per heavy atom. The van der Waals surface area contributed by atoms with Gasteiger partial charge in [-0.05, 0) is 28.9 Å². The fourth-order valence-corrected chi connectivity index (χ4v) is 1.23. The Morgan fingerprint density at radius 1 is 1.58 bits per heavy atom. The third kappa shape index (κ3) is 1.88. The van der Waals surface area contributed by atoms with Gasteiger partial charge in [-0.3, -0.25) is 0 Å². The van der Waals surface area contributed by atoms with E-state index in [1.54, 1.807) is 0 Å². The Balaban J connectivity index is 3.04. The molecule has 0 heterocycles. The summed E-state index contributed by atoms with van der Waals surface area (Å²) in [6.07, 6.45) is 0. The zero-order valence-corrected chi connectivity index (χ0v) is 8.06. The summed E-state index contributed by atoms with van der Waals surface area (Å²) in [4.78, 5) is 0. The zero-order chi connectivity index (χ0) is 9.14. The Kier molecular flexibility index (Phi) is 2.92. The molecule has 12 heavy (non-hydrogen) atoms. The lowest BCUT2D eigenvalue weighted by molar-refractivity contribution is 0.335. The maximum atomic E-state index is 12.8. The molecule has 0 aromatic heterocycles. The molecule has 66 valence electrons. The smallest absolute Gasteiger partial charge is 0.179 e. The monoisotopic (exact) mass is 234 g/mol. The van der Waals surface area contributed by atoms with E-state index >= 15 is 0 Å². The van der Waals surface area contributed by atoms with Gasteiger partial charge in [-0.1, -0.05) is 0 Å². The second-order valence-corrected chi connectivity index (χ2v) is 3.03. The molecule has 0 spiro atoms. The topological polar surface area (TPSA) is 29.5 Å². The van der Waals surface area contributed by atoms with Crippen LogP contribution in [-0.4, -0.2) is 11.7 Å². The summed E-state index contributed by atoms with van der Waals surface area (Å²) in [7, 11) is 0. The number of aromatic hydroxyl groups is 1. The van der Waals surface area contributed by atoms with Crippen LogP contribution in [0.4, 0.5) is 4.39 Å². The van der Waals surface area contributed by atoms with Crippen LogP contribution in [0, 0.1) is 5.82 Å². The summed E-state index contributed by atoms with van der Waals surface area (Å²) in [6, 6.07) is 2.71. The molecule has 0 radical (unpaired) electrons. The lowest BCUT2D eigenvalue weighted by Gasteiger charge is -2.04. The average Bonchev–Trinajstić information content (AvgIpc) is 2.01. The first kappa shape index (κ1) is 9.32. The number of halogens is 2. The maximum Gasteiger partial charge on any atom is 0.179 e. The average molecular weight is 235 g/mol. The summed E-state index contributed by atoms with van der Waals surface area (Å²) in [6.45, 7) is 2.30. The number of hydrogen-bond acceptors (Lipinski definition) is 2. The maximum absolute atomic E-state index is 12.8. The molecule has 0 aliphatic rings. The molecular formula is C8H8BrFO2. The highest BCUT2D eigenvalue weighted by Gasteiger charge is 2.07. The van der Waals surface area contributed by atoms with Gasteiger partial charge in [0.2, 0.25) is 0 Å². The summed E-state index contributed by atoms with van der Waals surface area (Å²) in [5.74, 6) is -0.630. The summed E-state index contributed by atoms with van der Waals surface area (Å²) >= 11 is 2.95. The van der Waals surface area contributed by atoms with Crippen LogP contribution in [0.1, 0.15) is 6.92 Å². The number of rotatable bonds is 2. The van der Waals surface area contributed by atoms with Gasteiger partial charge < -0.3 is 9.84 Å². The lowest BCUT2D eigenvalue weighted by Crippen LogP contribution is -1.92. The van der Waals surface area contributed by atoms with E-state index in [1.165, 1.54) is 12.1 Å². The fourth-order valence-electron chi connectivity index (χ4n) is 0.800. The summed E-state index contributed by atoms with van der Waals surface area (Å²) in [5, 5.41) is 9.02. The minimum absolute atomic E-state index is 0.200. The number of ether oxygens (including phenoxy) is 1. The van der Waals surface area contributed by atoms with Gasteiger partial charge in [-0.2, -0.15) is 0 Å². The lowest BCUT2D eigenvalue weighted by atomic mass is 10.3. The molecule has 0 unspecified atom stereocenters. The van der Waals surface area contributed by atoms with Crippen LogP contribution in [0.5, 0.6) is 11.5 Å². The highest BCUT2D eigenvalue weighted by molar-refractivity contribution is 9.10. The van der Waals surface area contributed by atoms with E-state index in [2.05, 4.69) is 15.9 Å². The zero-order valence-electron chi connectivity index (χ0n) is 6.47. The molecule has 0 aliphatic heterocycles. The molecule has 1 rings (SSSR count). The Bertz CT molecular complexity index is 265. The third-order valence-corrected chi connectivity index (χ3v) is 1.87. The predicted octanol–water partition coefficient (Wildman–Crippen LogP) is 2.69. The van der Waals surface area contributed by atoms with Crippen molar-refractivity contribution in [2.45, 2.75) is 6.92 Å². The first-order valence-electron chi connectivity index (χ1n) is 3.46. The second-order valence-electron chi connectivity index (χ2n) is 2.17. The standard InChI is InChI=1S/C8H8BrFO2/c1-2-12-5-3-6(9)8(10)7(11)4-5/h3-4,11H,2H2,1H3. The van der Waals surface area contributed by atoms with Crippen molar-refractivity contribution < 1.29 is 14.2 Å². The van der Waals surface area contributed by atoms with Gasteiger partial charge in [0.1, 0.15) is 5.75 Å². The van der Waals surface area contributed by atoms with E-state index in [1.807, 2.05) is 6.92 Å². The normalized spacial score (nSPS) is 9.92. The van der Waals surface area contributed by atoms with Crippen molar-refractivity contribution in [3.05, 3.63) is 22.4 Å². The van der Waals surface area contributed by atoms with Gasteiger partial charge in [0.15, 0.2) is 11.6 Å². The molecule has 0 atom stereocenters. The van der Waals surface area contributed by atoms with Gasteiger partial charge in [-0.15, -0.1) is 0 Å². The Morgan fingerprint density at radius 3 is 2.75 bits per heavy atom. The molecular weight excluding hydrogens is 227 g/mol. The summed E-state index contributed by atoms with van der Waals surface area (Å²) < 4.78 is 18.1. The van der Waals surface area contributed by atoms with E-state index in [0.29, 0.717) is 12.4 Å². The van der Waals surface area contributed by atoms with Crippen LogP contribution >= 0.6 is 15.9 Å². The van der Waals surface area contributed by atoms with Crippen LogP contribution in [0.2, 0.25) is 0 Å². The predicted molar refractivity (Wildman–Crippen MR) is 46.9 cm³/mol. The van der Waals surface area contributed by atoms with E-state index in [4.69, 9.17) is 9.84 Å². The molecule has 0 aliphatic carbocycles. The van der Waals surface area contributed by atoms with Crippen LogP contribution in [0.15, 0.2) is 16.6 Å². The van der Waals surface area contributed by atoms with E-state index in [0.717, 1.165) is 0 Å². The van der Waals surface area contributed by atoms with Gasteiger partial charge in [0, 0.05) is 6.07 Å². The quantitative estimate of drug-likeness (QED) is 0.853. The molecule has 0 fully saturated rings. The molecule has 0 saturated carbocycles. The third-order valence-electron chi connectivity index (χ3n) is 1.29. The minimum Gasteiger partial charge on any atom is -0.505 e. The number of phenolic OH excluding ortho intramolecular Hbond substituents is 1. The number of benzene rings is 1. The van der Waals surface area contributed by atoms with Crippen molar-refractivity contribution in [1.29, 1.82) is 0 Å². The van der Waals surface area contributed by atoms with Crippen LogP contribution in [0.3, 0.4) is 0 Å². The molecule has 0 bridgehead atoms. The first-order valence-corrected chi connectivity index (χ1v) is 4.25. The van der Waals surface area contributed by atoms with Gasteiger partial charge in [0.25, 0.3) is 0 Å². The molecule has 0 saturated heterocycles. The molecule has 1 N–H and O–H groups in total. The van der Waals surface area contributed by atoms with E-state index < -0.39 is 11.6 Å². The Labute approximate surface area is 78.1 Å².